The van der Waals surface area contributed by atoms with E-state index in [1.54, 1.807) is 24.3 Å². The van der Waals surface area contributed by atoms with E-state index >= 15 is 0 Å². The maximum absolute atomic E-state index is 13.5. The van der Waals surface area contributed by atoms with E-state index in [0.717, 1.165) is 37.1 Å². The van der Waals surface area contributed by atoms with Crippen LogP contribution in [0.2, 0.25) is 0 Å². The molecule has 1 atom stereocenters. The summed E-state index contributed by atoms with van der Waals surface area (Å²) in [5.41, 5.74) is 2.05. The Morgan fingerprint density at radius 1 is 0.897 bits per heavy atom. The Hall–Kier alpha value is -2.44. The van der Waals surface area contributed by atoms with E-state index in [4.69, 9.17) is 14.7 Å². The zero-order valence-electron chi connectivity index (χ0n) is 16.7. The van der Waals surface area contributed by atoms with Crippen LogP contribution < -0.4 is 0 Å². The SMILES string of the molecule is CN1CCC(OC2(C)CN=C(c3ccc(F)cc3)C(c3ccc(F)cc3)=N2)CC1. The van der Waals surface area contributed by atoms with Crippen LogP contribution in [0, 0.1) is 11.6 Å². The molecule has 0 bridgehead atoms. The Kier molecular flexibility index (Phi) is 5.56. The quantitative estimate of drug-likeness (QED) is 0.780. The van der Waals surface area contributed by atoms with Crippen LogP contribution >= 0.6 is 0 Å². The molecule has 0 radical (unpaired) electrons. The molecule has 2 heterocycles. The van der Waals surface area contributed by atoms with E-state index in [1.807, 2.05) is 6.92 Å². The highest BCUT2D eigenvalue weighted by atomic mass is 19.1. The molecule has 2 aromatic rings. The summed E-state index contributed by atoms with van der Waals surface area (Å²) in [7, 11) is 2.11. The lowest BCUT2D eigenvalue weighted by atomic mass is 9.97. The summed E-state index contributed by atoms with van der Waals surface area (Å²) in [6, 6.07) is 12.4. The zero-order chi connectivity index (χ0) is 20.4. The molecule has 2 aliphatic heterocycles. The number of aliphatic imine (C=N–C) groups is 2. The minimum Gasteiger partial charge on any atom is -0.349 e. The van der Waals surface area contributed by atoms with Crippen molar-refractivity contribution >= 4 is 11.4 Å². The van der Waals surface area contributed by atoms with Crippen LogP contribution in [0.5, 0.6) is 0 Å². The highest BCUT2D eigenvalue weighted by Crippen LogP contribution is 2.27. The van der Waals surface area contributed by atoms with Gasteiger partial charge in [0.25, 0.3) is 0 Å². The summed E-state index contributed by atoms with van der Waals surface area (Å²) in [4.78, 5) is 12.0. The number of hydrogen-bond acceptors (Lipinski definition) is 4. The standard InChI is InChI=1S/C23H25F2N3O/c1-23(29-20-11-13-28(2)14-12-20)15-26-21(16-3-7-18(24)8-4-16)22(27-23)17-5-9-19(25)10-6-17/h3-10,20H,11-15H2,1-2H3. The molecule has 1 unspecified atom stereocenters. The molecular formula is C23H25F2N3O. The second-order valence-electron chi connectivity index (χ2n) is 7.93. The van der Waals surface area contributed by atoms with Crippen LogP contribution in [0.3, 0.4) is 0 Å². The minimum absolute atomic E-state index is 0.136. The summed E-state index contributed by atoms with van der Waals surface area (Å²) in [6.45, 7) is 4.33. The minimum atomic E-state index is -0.784. The van der Waals surface area contributed by atoms with Gasteiger partial charge < -0.3 is 9.64 Å². The summed E-state index contributed by atoms with van der Waals surface area (Å²) < 4.78 is 33.3. The Morgan fingerprint density at radius 2 is 1.41 bits per heavy atom. The zero-order valence-corrected chi connectivity index (χ0v) is 16.7. The molecule has 0 spiro atoms. The number of piperidine rings is 1. The fourth-order valence-corrected chi connectivity index (χ4v) is 3.80. The molecule has 2 aliphatic rings. The fourth-order valence-electron chi connectivity index (χ4n) is 3.80. The maximum atomic E-state index is 13.5. The van der Waals surface area contributed by atoms with Gasteiger partial charge in [-0.2, -0.15) is 0 Å². The lowest BCUT2D eigenvalue weighted by Crippen LogP contribution is -2.44. The lowest BCUT2D eigenvalue weighted by molar-refractivity contribution is -0.0904. The molecule has 152 valence electrons. The molecule has 0 amide bonds. The van der Waals surface area contributed by atoms with Gasteiger partial charge in [0.15, 0.2) is 5.72 Å². The van der Waals surface area contributed by atoms with Crippen molar-refractivity contribution in [3.05, 3.63) is 71.3 Å². The number of likely N-dealkylation sites (tertiary alicyclic amines) is 1. The molecule has 4 rings (SSSR count). The fraction of sp³-hybridized carbons (Fsp3) is 0.391. The van der Waals surface area contributed by atoms with Gasteiger partial charge in [-0.3, -0.25) is 4.99 Å². The first kappa shape index (κ1) is 19.9. The molecule has 2 aromatic carbocycles. The molecule has 29 heavy (non-hydrogen) atoms. The number of halogens is 2. The van der Waals surface area contributed by atoms with Gasteiger partial charge in [-0.25, -0.2) is 13.8 Å². The van der Waals surface area contributed by atoms with E-state index < -0.39 is 5.72 Å². The highest BCUT2D eigenvalue weighted by molar-refractivity contribution is 6.53. The van der Waals surface area contributed by atoms with Crippen LogP contribution in [0.15, 0.2) is 58.5 Å². The first-order chi connectivity index (χ1) is 13.9. The molecule has 0 saturated carbocycles. The highest BCUT2D eigenvalue weighted by Gasteiger charge is 2.34. The van der Waals surface area contributed by atoms with Crippen molar-refractivity contribution in [1.29, 1.82) is 0 Å². The summed E-state index contributed by atoms with van der Waals surface area (Å²) >= 11 is 0. The van der Waals surface area contributed by atoms with Gasteiger partial charge in [-0.15, -0.1) is 0 Å². The number of nitrogens with zero attached hydrogens (tertiary/aromatic N) is 3. The summed E-state index contributed by atoms with van der Waals surface area (Å²) in [5.74, 6) is -0.614. The normalized spacial score (nSPS) is 23.6. The number of hydrogen-bond donors (Lipinski definition) is 0. The van der Waals surface area contributed by atoms with Crippen molar-refractivity contribution in [3.63, 3.8) is 0 Å². The Morgan fingerprint density at radius 3 is 1.97 bits per heavy atom. The van der Waals surface area contributed by atoms with Crippen LogP contribution in [-0.4, -0.2) is 54.8 Å². The van der Waals surface area contributed by atoms with Gasteiger partial charge in [0.2, 0.25) is 0 Å². The van der Waals surface area contributed by atoms with Crippen LogP contribution in [-0.2, 0) is 4.74 Å². The Bertz CT molecular complexity index is 916. The van der Waals surface area contributed by atoms with Crippen molar-refractivity contribution in [2.75, 3.05) is 26.7 Å². The molecule has 6 heteroatoms. The summed E-state index contributed by atoms with van der Waals surface area (Å²) in [5, 5.41) is 0. The van der Waals surface area contributed by atoms with E-state index in [-0.39, 0.29) is 17.7 Å². The number of ether oxygens (including phenoxy) is 1. The van der Waals surface area contributed by atoms with Crippen LogP contribution in [0.1, 0.15) is 30.9 Å². The first-order valence-corrected chi connectivity index (χ1v) is 9.95. The van der Waals surface area contributed by atoms with E-state index in [0.29, 0.717) is 18.0 Å². The van der Waals surface area contributed by atoms with Crippen LogP contribution in [0.25, 0.3) is 0 Å². The van der Waals surface area contributed by atoms with Crippen LogP contribution in [0.4, 0.5) is 8.78 Å². The Labute approximate surface area is 169 Å². The lowest BCUT2D eigenvalue weighted by Gasteiger charge is -2.36. The molecule has 0 N–H and O–H groups in total. The smallest absolute Gasteiger partial charge is 0.176 e. The second kappa shape index (κ2) is 8.13. The van der Waals surface area contributed by atoms with Gasteiger partial charge in [0, 0.05) is 24.2 Å². The van der Waals surface area contributed by atoms with E-state index in [9.17, 15) is 8.78 Å². The monoisotopic (exact) mass is 397 g/mol. The molecule has 4 nitrogen and oxygen atoms in total. The Balaban J connectivity index is 1.66. The van der Waals surface area contributed by atoms with Crippen molar-refractivity contribution < 1.29 is 13.5 Å². The first-order valence-electron chi connectivity index (χ1n) is 9.95. The predicted molar refractivity (Wildman–Crippen MR) is 111 cm³/mol. The molecule has 1 fully saturated rings. The van der Waals surface area contributed by atoms with E-state index in [1.165, 1.54) is 24.3 Å². The van der Waals surface area contributed by atoms with Gasteiger partial charge in [0.05, 0.1) is 24.1 Å². The van der Waals surface area contributed by atoms with E-state index in [2.05, 4.69) is 11.9 Å². The topological polar surface area (TPSA) is 37.2 Å². The molecule has 0 aliphatic carbocycles. The number of rotatable bonds is 4. The number of benzene rings is 2. The summed E-state index contributed by atoms with van der Waals surface area (Å²) in [6.07, 6.45) is 2.06. The third kappa shape index (κ3) is 4.60. The third-order valence-corrected chi connectivity index (χ3v) is 5.42. The van der Waals surface area contributed by atoms with Crippen molar-refractivity contribution in [2.45, 2.75) is 31.6 Å². The third-order valence-electron chi connectivity index (χ3n) is 5.42. The largest absolute Gasteiger partial charge is 0.349 e. The maximum Gasteiger partial charge on any atom is 0.176 e. The van der Waals surface area contributed by atoms with Crippen molar-refractivity contribution in [2.24, 2.45) is 9.98 Å². The molecular weight excluding hydrogens is 372 g/mol. The average molecular weight is 397 g/mol. The molecule has 1 saturated heterocycles. The van der Waals surface area contributed by atoms with Gasteiger partial charge >= 0.3 is 0 Å². The van der Waals surface area contributed by atoms with Gasteiger partial charge in [-0.05, 0) is 75.3 Å². The predicted octanol–water partition coefficient (Wildman–Crippen LogP) is 4.08. The molecule has 0 aromatic heterocycles. The average Bonchev–Trinajstić information content (AvgIpc) is 2.71. The second-order valence-corrected chi connectivity index (χ2v) is 7.93. The van der Waals surface area contributed by atoms with Crippen molar-refractivity contribution in [1.82, 2.24) is 4.90 Å². The van der Waals surface area contributed by atoms with Crippen molar-refractivity contribution in [3.8, 4) is 0 Å². The van der Waals surface area contributed by atoms with Gasteiger partial charge in [0.1, 0.15) is 11.6 Å². The van der Waals surface area contributed by atoms with Gasteiger partial charge in [-0.1, -0.05) is 0 Å².